The molecule has 0 aliphatic carbocycles. The lowest BCUT2D eigenvalue weighted by Gasteiger charge is -2.17. The zero-order valence-corrected chi connectivity index (χ0v) is 15.6. The highest BCUT2D eigenvalue weighted by Gasteiger charge is 2.46. The fourth-order valence-electron chi connectivity index (χ4n) is 3.33. The summed E-state index contributed by atoms with van der Waals surface area (Å²) in [6, 6.07) is 20.6. The zero-order valence-electron chi connectivity index (χ0n) is 14.7. The second-order valence-corrected chi connectivity index (χ2v) is 8.12. The van der Waals surface area contributed by atoms with Gasteiger partial charge in [0.1, 0.15) is 5.75 Å². The van der Waals surface area contributed by atoms with Crippen LogP contribution in [0.4, 0.5) is 18.9 Å². The van der Waals surface area contributed by atoms with Gasteiger partial charge in [-0.2, -0.15) is 21.6 Å². The van der Waals surface area contributed by atoms with Crippen molar-refractivity contribution in [1.82, 2.24) is 0 Å². The molecule has 0 fully saturated rings. The van der Waals surface area contributed by atoms with Gasteiger partial charge >= 0.3 is 15.5 Å². The van der Waals surface area contributed by atoms with Crippen LogP contribution < -0.4 is 4.72 Å². The van der Waals surface area contributed by atoms with Crippen molar-refractivity contribution >= 4 is 37.3 Å². The Morgan fingerprint density at radius 2 is 1.38 bits per heavy atom. The maximum absolute atomic E-state index is 12.9. The second-order valence-electron chi connectivity index (χ2n) is 6.45. The monoisotopic (exact) mass is 417 g/mol. The summed E-state index contributed by atoms with van der Waals surface area (Å²) in [5, 5.41) is 13.5. The van der Waals surface area contributed by atoms with E-state index in [9.17, 15) is 26.7 Å². The highest BCUT2D eigenvalue weighted by molar-refractivity contribution is 7.93. The summed E-state index contributed by atoms with van der Waals surface area (Å²) in [4.78, 5) is 0. The fourth-order valence-corrected chi connectivity index (χ4v) is 3.89. The molecule has 2 N–H and O–H groups in total. The molecule has 0 aliphatic rings. The molecule has 0 aliphatic heterocycles. The Bertz CT molecular complexity index is 1340. The number of phenolic OH excluding ortho intramolecular Hbond substituents is 1. The van der Waals surface area contributed by atoms with E-state index in [4.69, 9.17) is 0 Å². The van der Waals surface area contributed by atoms with Crippen LogP contribution >= 0.6 is 0 Å². The Labute approximate surface area is 164 Å². The molecular formula is C21H14F3NO3S. The van der Waals surface area contributed by atoms with Gasteiger partial charge in [0.15, 0.2) is 0 Å². The first kappa shape index (κ1) is 19.1. The van der Waals surface area contributed by atoms with Gasteiger partial charge in [-0.05, 0) is 33.2 Å². The van der Waals surface area contributed by atoms with E-state index in [1.807, 2.05) is 24.3 Å². The minimum atomic E-state index is -5.69. The van der Waals surface area contributed by atoms with E-state index >= 15 is 0 Å². The summed E-state index contributed by atoms with van der Waals surface area (Å²) in [5.41, 5.74) is -5.22. The summed E-state index contributed by atoms with van der Waals surface area (Å²) in [6.45, 7) is 0. The first-order valence-electron chi connectivity index (χ1n) is 8.51. The summed E-state index contributed by atoms with van der Waals surface area (Å²) in [7, 11) is -5.69. The number of sulfonamides is 1. The second kappa shape index (κ2) is 6.66. The van der Waals surface area contributed by atoms with Crippen LogP contribution in [0.25, 0.3) is 32.7 Å². The standard InChI is InChI=1S/C21H14F3NO3S/c22-21(23,24)29(27,28)25-18-12-14-7-2-4-10-16(14)19(20(18)26)17-11-5-8-13-6-1-3-9-15(13)17/h1-12,25-26H. The number of hydrogen-bond acceptors (Lipinski definition) is 3. The third kappa shape index (κ3) is 3.25. The third-order valence-electron chi connectivity index (χ3n) is 4.63. The molecule has 0 aromatic heterocycles. The number of halogens is 3. The minimum Gasteiger partial charge on any atom is -0.505 e. The van der Waals surface area contributed by atoms with E-state index in [2.05, 4.69) is 0 Å². The van der Waals surface area contributed by atoms with E-state index in [0.29, 0.717) is 16.3 Å². The van der Waals surface area contributed by atoms with E-state index < -0.39 is 27.0 Å². The van der Waals surface area contributed by atoms with Gasteiger partial charge in [0.2, 0.25) is 0 Å². The normalized spacial score (nSPS) is 12.4. The molecule has 0 saturated heterocycles. The molecule has 0 saturated carbocycles. The number of benzene rings is 4. The van der Waals surface area contributed by atoms with Crippen LogP contribution in [0.15, 0.2) is 72.8 Å². The Balaban J connectivity index is 2.05. The molecule has 4 nitrogen and oxygen atoms in total. The highest BCUT2D eigenvalue weighted by Crippen LogP contribution is 2.45. The van der Waals surface area contributed by atoms with Gasteiger partial charge in [-0.15, -0.1) is 0 Å². The average Bonchev–Trinajstić information content (AvgIpc) is 2.67. The Hall–Kier alpha value is -3.26. The van der Waals surface area contributed by atoms with Crippen LogP contribution in [0, 0.1) is 0 Å². The number of alkyl halides is 3. The first-order valence-corrected chi connectivity index (χ1v) is 9.99. The number of hydrogen-bond donors (Lipinski definition) is 2. The molecule has 0 heterocycles. The molecule has 4 aromatic carbocycles. The maximum atomic E-state index is 12.9. The van der Waals surface area contributed by atoms with Crippen molar-refractivity contribution in [2.45, 2.75) is 5.51 Å². The number of rotatable bonds is 3. The van der Waals surface area contributed by atoms with Crippen molar-refractivity contribution in [3.05, 3.63) is 72.8 Å². The summed E-state index contributed by atoms with van der Waals surface area (Å²) in [6.07, 6.45) is 0. The van der Waals surface area contributed by atoms with Crippen LogP contribution in [0.2, 0.25) is 0 Å². The van der Waals surface area contributed by atoms with Gasteiger partial charge in [-0.1, -0.05) is 66.7 Å². The van der Waals surface area contributed by atoms with Gasteiger partial charge < -0.3 is 5.11 Å². The molecule has 29 heavy (non-hydrogen) atoms. The first-order chi connectivity index (χ1) is 13.7. The van der Waals surface area contributed by atoms with Gasteiger partial charge in [0.25, 0.3) is 0 Å². The summed E-state index contributed by atoms with van der Waals surface area (Å²) < 4.78 is 63.3. The minimum absolute atomic E-state index is 0.250. The lowest BCUT2D eigenvalue weighted by molar-refractivity contribution is -0.0429. The molecular weight excluding hydrogens is 403 g/mol. The lowest BCUT2D eigenvalue weighted by Crippen LogP contribution is -2.29. The van der Waals surface area contributed by atoms with Gasteiger partial charge in [-0.25, -0.2) is 0 Å². The van der Waals surface area contributed by atoms with Gasteiger partial charge in [0, 0.05) is 5.56 Å². The van der Waals surface area contributed by atoms with E-state index in [1.165, 1.54) is 10.8 Å². The quantitative estimate of drug-likeness (QED) is 0.425. The fraction of sp³-hybridized carbons (Fsp3) is 0.0476. The number of nitrogens with one attached hydrogen (secondary N) is 1. The molecule has 0 atom stereocenters. The largest absolute Gasteiger partial charge is 0.516 e. The van der Waals surface area contributed by atoms with E-state index in [-0.39, 0.29) is 5.56 Å². The molecule has 0 unspecified atom stereocenters. The Morgan fingerprint density at radius 1 is 0.793 bits per heavy atom. The van der Waals surface area contributed by atoms with Crippen LogP contribution in [-0.2, 0) is 10.0 Å². The molecule has 4 aromatic rings. The van der Waals surface area contributed by atoms with Crippen molar-refractivity contribution in [3.8, 4) is 16.9 Å². The van der Waals surface area contributed by atoms with E-state index in [0.717, 1.165) is 10.8 Å². The molecule has 0 amide bonds. The van der Waals surface area contributed by atoms with E-state index in [1.54, 1.807) is 42.5 Å². The molecule has 0 radical (unpaired) electrons. The molecule has 0 spiro atoms. The van der Waals surface area contributed by atoms with Gasteiger partial charge in [0.05, 0.1) is 5.69 Å². The van der Waals surface area contributed by atoms with Crippen LogP contribution in [0.5, 0.6) is 5.75 Å². The lowest BCUT2D eigenvalue weighted by atomic mass is 9.92. The molecule has 0 bridgehead atoms. The van der Waals surface area contributed by atoms with Crippen molar-refractivity contribution in [2.24, 2.45) is 0 Å². The zero-order chi connectivity index (χ0) is 20.8. The highest BCUT2D eigenvalue weighted by atomic mass is 32.2. The molecule has 8 heteroatoms. The Kier molecular flexibility index (Phi) is 4.38. The number of fused-ring (bicyclic) bond motifs is 2. The van der Waals surface area contributed by atoms with Crippen molar-refractivity contribution in [1.29, 1.82) is 0 Å². The number of aromatic hydroxyl groups is 1. The van der Waals surface area contributed by atoms with Crippen LogP contribution in [-0.4, -0.2) is 19.0 Å². The summed E-state index contributed by atoms with van der Waals surface area (Å²) >= 11 is 0. The van der Waals surface area contributed by atoms with Gasteiger partial charge in [-0.3, -0.25) is 4.72 Å². The predicted molar refractivity (Wildman–Crippen MR) is 107 cm³/mol. The SMILES string of the molecule is O=S(=O)(Nc1cc2ccccc2c(-c2cccc3ccccc23)c1O)C(F)(F)F. The predicted octanol–water partition coefficient (Wildman–Crippen LogP) is 5.63. The molecule has 4 rings (SSSR count). The van der Waals surface area contributed by atoms with Crippen molar-refractivity contribution in [3.63, 3.8) is 0 Å². The van der Waals surface area contributed by atoms with Crippen LogP contribution in [0.1, 0.15) is 0 Å². The number of anilines is 1. The van der Waals surface area contributed by atoms with Crippen molar-refractivity contribution < 1.29 is 26.7 Å². The average molecular weight is 417 g/mol. The van der Waals surface area contributed by atoms with Crippen molar-refractivity contribution in [2.75, 3.05) is 4.72 Å². The molecule has 148 valence electrons. The topological polar surface area (TPSA) is 66.4 Å². The maximum Gasteiger partial charge on any atom is 0.516 e. The smallest absolute Gasteiger partial charge is 0.505 e. The van der Waals surface area contributed by atoms with Crippen LogP contribution in [0.3, 0.4) is 0 Å². The summed E-state index contributed by atoms with van der Waals surface area (Å²) in [5.74, 6) is -0.576. The third-order valence-corrected chi connectivity index (χ3v) is 5.73. The Morgan fingerprint density at radius 3 is 2.07 bits per heavy atom. The number of phenols is 1.